The monoisotopic (exact) mass is 2050 g/mol. The van der Waals surface area contributed by atoms with Crippen molar-refractivity contribution in [2.75, 3.05) is 32.8 Å². The first-order valence-electron chi connectivity index (χ1n) is 53.7. The van der Waals surface area contributed by atoms with Crippen molar-refractivity contribution in [3.05, 3.63) is 290 Å². The predicted molar refractivity (Wildman–Crippen MR) is 582 cm³/mol. The van der Waals surface area contributed by atoms with Crippen molar-refractivity contribution in [1.82, 2.24) is 60.4 Å². The minimum atomic E-state index is -0.134. The van der Waals surface area contributed by atoms with Gasteiger partial charge in [0.1, 0.15) is 5.75 Å². The molecule has 144 heavy (non-hydrogen) atoms. The summed E-state index contributed by atoms with van der Waals surface area (Å²) in [6, 6.07) is 56.7. The van der Waals surface area contributed by atoms with Crippen LogP contribution in [0, 0.1) is 127 Å². The third-order valence-corrected chi connectivity index (χ3v) is 38.6. The fourth-order valence-electron chi connectivity index (χ4n) is 28.4. The molecule has 12 atom stereocenters. The topological polar surface area (TPSA) is 197 Å². The molecular weight excluding hydrogens is 1910 g/mol. The molecule has 28 rings (SSSR count). The van der Waals surface area contributed by atoms with Crippen LogP contribution in [0.3, 0.4) is 0 Å². The van der Waals surface area contributed by atoms with Crippen LogP contribution < -0.4 is 26.0 Å². The maximum absolute atomic E-state index is 13.6. The number of rotatable bonds is 19. The number of carbonyl (C=O) groups is 4. The number of fused-ring (bicyclic) bond motifs is 20. The number of hydrogen-bond donors (Lipinski definition) is 4. The molecular formula is C123H142BrCl3N12O5. The highest BCUT2D eigenvalue weighted by atomic mass is 79.9. The molecule has 12 aromatic rings. The molecule has 1 aliphatic heterocycles. The van der Waals surface area contributed by atoms with Gasteiger partial charge >= 0.3 is 0 Å². The molecule has 0 spiro atoms. The first-order valence-corrected chi connectivity index (χ1v) is 55.7. The molecule has 16 aliphatic rings. The Morgan fingerprint density at radius 3 is 1.06 bits per heavy atom. The average molecular weight is 2050 g/mol. The summed E-state index contributed by atoms with van der Waals surface area (Å²) in [5.41, 5.74) is 31.1. The van der Waals surface area contributed by atoms with Crippen molar-refractivity contribution in [2.24, 2.45) is 92.7 Å². The first kappa shape index (κ1) is 99.6. The highest BCUT2D eigenvalue weighted by Gasteiger charge is 2.58. The minimum absolute atomic E-state index is 0.00345. The number of hydrogen-bond acceptors (Lipinski definition) is 9. The van der Waals surface area contributed by atoms with Gasteiger partial charge in [-0.15, -0.1) is 0 Å². The van der Waals surface area contributed by atoms with E-state index < -0.39 is 0 Å². The van der Waals surface area contributed by atoms with E-state index in [0.717, 1.165) is 196 Å². The second-order valence-corrected chi connectivity index (χ2v) is 49.4. The zero-order chi connectivity index (χ0) is 100. The molecule has 15 aliphatic carbocycles. The Kier molecular flexibility index (Phi) is 27.9. The lowest BCUT2D eigenvalue weighted by molar-refractivity contribution is -0.103. The molecule has 4 amide bonds. The van der Waals surface area contributed by atoms with E-state index in [1.165, 1.54) is 144 Å². The van der Waals surface area contributed by atoms with Crippen molar-refractivity contribution in [3.8, 4) is 56.5 Å². The van der Waals surface area contributed by atoms with E-state index in [9.17, 15) is 19.2 Å². The lowest BCUT2D eigenvalue weighted by Crippen LogP contribution is -2.54. The maximum atomic E-state index is 13.6. The number of carbonyl (C=O) groups excluding carboxylic acids is 4. The van der Waals surface area contributed by atoms with Crippen molar-refractivity contribution >= 4 is 74.4 Å². The van der Waals surface area contributed by atoms with Gasteiger partial charge in [-0.25, -0.2) is 4.68 Å². The van der Waals surface area contributed by atoms with E-state index >= 15 is 0 Å². The molecule has 12 fully saturated rings. The van der Waals surface area contributed by atoms with Gasteiger partial charge in [0, 0.05) is 91.6 Å². The zero-order valence-electron chi connectivity index (χ0n) is 86.4. The summed E-state index contributed by atoms with van der Waals surface area (Å²) >= 11 is 22.8. The number of amides is 4. The van der Waals surface area contributed by atoms with E-state index in [-0.39, 0.29) is 23.6 Å². The molecule has 21 heteroatoms. The molecule has 0 saturated heterocycles. The lowest BCUT2D eigenvalue weighted by atomic mass is 9.45. The fraction of sp³-hybridized carbons (Fsp3) is 0.480. The van der Waals surface area contributed by atoms with Crippen molar-refractivity contribution in [3.63, 3.8) is 0 Å². The summed E-state index contributed by atoms with van der Waals surface area (Å²) in [5.74, 6) is 9.25. The van der Waals surface area contributed by atoms with E-state index in [1.807, 2.05) is 35.9 Å². The van der Waals surface area contributed by atoms with E-state index in [0.29, 0.717) is 129 Å². The standard InChI is InChI=1S/C32H39N3O.C31H36BrN3O.C31H36ClN3O.C29H31Cl2N3O2/c1-20-8-11-22(12-9-20)19-35-30-26-15-10-21(2)16-23(26)6-5-7-27(30)29(34-35)31(36)33-18-24-13-14-25-17-28(24)32(25,3)4;2*1-19-7-9-20(10-8-19)18-35-29-25-14-13-24(32)15-21(25)5-4-6-26(29)28(34-35)30(36)33-17-22-11-12-23-16-27(22)31(23,2)3;1-16-4-8-20-25(12-16)36-11-10-21-26(33-34(27(20)21)24-9-7-19(30)14-23(24)31)28(35)32-15-17-5-6-18-13-22(17)29(18,2)3/h8-12,15-16,24-25,28H,5-7,13-14,17-19H2,1-4H3,(H,33,36);2*7-10,13-15,22-23,27H,4-6,11-12,16-18H2,1-3H3,(H,33,36);4,7-9,12,14,17-18,22H,5-6,10-11,13,15H2,1-3H3,(H,32,35). The normalized spacial score (nSPS) is 23.7. The van der Waals surface area contributed by atoms with Crippen LogP contribution in [0.15, 0.2) is 168 Å². The first-order chi connectivity index (χ1) is 69.2. The zero-order valence-corrected chi connectivity index (χ0v) is 90.2. The van der Waals surface area contributed by atoms with Crippen molar-refractivity contribution in [1.29, 1.82) is 0 Å². The van der Waals surface area contributed by atoms with Crippen LogP contribution in [0.1, 0.15) is 277 Å². The molecule has 752 valence electrons. The van der Waals surface area contributed by atoms with Crippen molar-refractivity contribution in [2.45, 2.75) is 251 Å². The lowest BCUT2D eigenvalue weighted by Gasteiger charge is -2.60. The molecule has 5 heterocycles. The molecule has 4 N–H and O–H groups in total. The Balaban J connectivity index is 0.000000113. The molecule has 0 radical (unpaired) electrons. The van der Waals surface area contributed by atoms with E-state index in [1.54, 1.807) is 16.8 Å². The summed E-state index contributed by atoms with van der Waals surface area (Å²) < 4.78 is 15.2. The van der Waals surface area contributed by atoms with Gasteiger partial charge in [-0.05, 0) is 356 Å². The molecule has 12 unspecified atom stereocenters. The largest absolute Gasteiger partial charge is 0.493 e. The van der Waals surface area contributed by atoms with Crippen LogP contribution in [0.2, 0.25) is 15.1 Å². The van der Waals surface area contributed by atoms with Crippen LogP contribution >= 0.6 is 50.7 Å². The smallest absolute Gasteiger partial charge is 0.272 e. The van der Waals surface area contributed by atoms with Gasteiger partial charge < -0.3 is 26.0 Å². The summed E-state index contributed by atoms with van der Waals surface area (Å²) in [4.78, 5) is 54.5. The molecule has 4 aromatic heterocycles. The predicted octanol–water partition coefficient (Wildman–Crippen LogP) is 27.2. The number of nitrogens with one attached hydrogen (secondary N) is 4. The fourth-order valence-corrected chi connectivity index (χ4v) is 29.5. The van der Waals surface area contributed by atoms with Gasteiger partial charge in [-0.3, -0.25) is 33.2 Å². The van der Waals surface area contributed by atoms with Crippen LogP contribution in [0.5, 0.6) is 5.75 Å². The van der Waals surface area contributed by atoms with Crippen LogP contribution in [-0.4, -0.2) is 95.5 Å². The van der Waals surface area contributed by atoms with E-state index in [4.69, 9.17) is 59.9 Å². The number of ether oxygens (including phenoxy) is 1. The number of halogens is 4. The number of aromatic nitrogens is 8. The Morgan fingerprint density at radius 1 is 0.354 bits per heavy atom. The van der Waals surface area contributed by atoms with Crippen LogP contribution in [0.4, 0.5) is 0 Å². The third kappa shape index (κ3) is 19.4. The molecule has 12 saturated carbocycles. The summed E-state index contributed by atoms with van der Waals surface area (Å²) in [6.45, 7) is 35.2. The second kappa shape index (κ2) is 40.4. The quantitative estimate of drug-likeness (QED) is 0.0609. The van der Waals surface area contributed by atoms with E-state index in [2.05, 4.69) is 257 Å². The summed E-state index contributed by atoms with van der Waals surface area (Å²) in [6.07, 6.45) is 24.6. The summed E-state index contributed by atoms with van der Waals surface area (Å²) in [5, 5.41) is 34.8. The average Bonchev–Trinajstić information content (AvgIpc) is 1.02. The van der Waals surface area contributed by atoms with Crippen LogP contribution in [-0.2, 0) is 64.6 Å². The van der Waals surface area contributed by atoms with Gasteiger partial charge in [-0.2, -0.15) is 20.4 Å². The number of nitrogens with zero attached hydrogens (tertiary/aromatic N) is 8. The van der Waals surface area contributed by atoms with Gasteiger partial charge in [0.15, 0.2) is 22.8 Å². The highest BCUT2D eigenvalue weighted by Crippen LogP contribution is 2.65. The molecule has 8 bridgehead atoms. The highest BCUT2D eigenvalue weighted by molar-refractivity contribution is 9.10. The Bertz CT molecular complexity index is 6420. The minimum Gasteiger partial charge on any atom is -0.493 e. The van der Waals surface area contributed by atoms with Gasteiger partial charge in [0.2, 0.25) is 0 Å². The van der Waals surface area contributed by atoms with Crippen LogP contribution in [0.25, 0.3) is 50.7 Å². The van der Waals surface area contributed by atoms with Gasteiger partial charge in [0.25, 0.3) is 23.6 Å². The third-order valence-electron chi connectivity index (χ3n) is 37.4. The second-order valence-electron chi connectivity index (χ2n) is 47.2. The number of aryl methyl sites for hydroxylation is 8. The van der Waals surface area contributed by atoms with Crippen molar-refractivity contribution < 1.29 is 23.9 Å². The summed E-state index contributed by atoms with van der Waals surface area (Å²) in [7, 11) is 0. The molecule has 17 nitrogen and oxygen atoms in total. The Hall–Kier alpha value is -10.4. The SMILES string of the molecule is Cc1ccc(Cn2nc(C(=O)NCC3CCC4CC3C4(C)C)c3c2-c2ccc(Br)cc2CCC3)cc1.Cc1ccc(Cn2nc(C(=O)NCC3CCC4CC3C4(C)C)c3c2-c2ccc(C)cc2CCC3)cc1.Cc1ccc(Cn2nc(C(=O)NCC3CCC4CC3C4(C)C)c3c2-c2ccc(Cl)cc2CCC3)cc1.Cc1ccc2c(c1)OCCc1c(C(=O)NCC3CCC4CC3C4(C)C)nn(-c3ccc(Cl)cc3Cl)c1-2. The maximum Gasteiger partial charge on any atom is 0.272 e. The van der Waals surface area contributed by atoms with Gasteiger partial charge in [0.05, 0.1) is 59.7 Å². The molecule has 8 aromatic carbocycles. The Labute approximate surface area is 874 Å². The Morgan fingerprint density at radius 2 is 0.681 bits per heavy atom. The van der Waals surface area contributed by atoms with Gasteiger partial charge in [-0.1, -0.05) is 238 Å². The number of benzene rings is 8.